The molecule has 1 N–H and O–H groups in total. The lowest BCUT2D eigenvalue weighted by atomic mass is 10.1. The largest absolute Gasteiger partial charge is 0.494 e. The van der Waals surface area contributed by atoms with E-state index in [9.17, 15) is 14.0 Å². The third-order valence-electron chi connectivity index (χ3n) is 2.85. The smallest absolute Gasteiger partial charge is 0.305 e. The maximum Gasteiger partial charge on any atom is 0.305 e. The Kier molecular flexibility index (Phi) is 5.49. The number of carboxylic acids is 1. The molecule has 0 unspecified atom stereocenters. The average Bonchev–Trinajstić information content (AvgIpc) is 2.37. The van der Waals surface area contributed by atoms with Crippen molar-refractivity contribution in [3.05, 3.63) is 29.6 Å². The summed E-state index contributed by atoms with van der Waals surface area (Å²) in [7, 11) is 1.34. The molecule has 1 amide bonds. The van der Waals surface area contributed by atoms with E-state index in [1.807, 2.05) is 0 Å². The van der Waals surface area contributed by atoms with E-state index in [1.165, 1.54) is 24.1 Å². The van der Waals surface area contributed by atoms with Gasteiger partial charge in [-0.3, -0.25) is 9.59 Å². The van der Waals surface area contributed by atoms with E-state index in [-0.39, 0.29) is 30.3 Å². The average molecular weight is 283 g/mol. The van der Waals surface area contributed by atoms with Gasteiger partial charge in [-0.25, -0.2) is 4.39 Å². The van der Waals surface area contributed by atoms with Gasteiger partial charge < -0.3 is 14.7 Å². The lowest BCUT2D eigenvalue weighted by Gasteiger charge is -2.26. The molecule has 5 nitrogen and oxygen atoms in total. The highest BCUT2D eigenvalue weighted by Crippen LogP contribution is 2.19. The van der Waals surface area contributed by atoms with Gasteiger partial charge in [0.15, 0.2) is 11.6 Å². The Balaban J connectivity index is 2.94. The van der Waals surface area contributed by atoms with Crippen molar-refractivity contribution in [2.75, 3.05) is 13.7 Å². The van der Waals surface area contributed by atoms with Crippen molar-refractivity contribution in [3.8, 4) is 5.75 Å². The first kappa shape index (κ1) is 15.9. The van der Waals surface area contributed by atoms with Gasteiger partial charge in [0, 0.05) is 18.2 Å². The molecule has 0 saturated carbocycles. The summed E-state index contributed by atoms with van der Waals surface area (Å²) < 4.78 is 18.4. The van der Waals surface area contributed by atoms with Crippen LogP contribution in [0.25, 0.3) is 0 Å². The van der Waals surface area contributed by atoms with Crippen LogP contribution in [-0.4, -0.2) is 41.6 Å². The van der Waals surface area contributed by atoms with Gasteiger partial charge in [0.1, 0.15) is 0 Å². The molecule has 0 atom stereocenters. The maximum atomic E-state index is 13.6. The number of hydrogen-bond donors (Lipinski definition) is 1. The molecule has 0 spiro atoms. The van der Waals surface area contributed by atoms with Crippen molar-refractivity contribution >= 4 is 11.9 Å². The Bertz CT molecular complexity index is 502. The highest BCUT2D eigenvalue weighted by Gasteiger charge is 2.20. The summed E-state index contributed by atoms with van der Waals surface area (Å²) in [5.41, 5.74) is 0.169. The van der Waals surface area contributed by atoms with E-state index in [2.05, 4.69) is 0 Å². The number of methoxy groups -OCH3 is 1. The second kappa shape index (κ2) is 6.88. The summed E-state index contributed by atoms with van der Waals surface area (Å²) in [5.74, 6) is -1.95. The highest BCUT2D eigenvalue weighted by molar-refractivity contribution is 5.94. The van der Waals surface area contributed by atoms with Crippen molar-refractivity contribution < 1.29 is 23.8 Å². The zero-order valence-corrected chi connectivity index (χ0v) is 11.7. The molecule has 20 heavy (non-hydrogen) atoms. The van der Waals surface area contributed by atoms with Crippen LogP contribution in [0, 0.1) is 5.82 Å². The van der Waals surface area contributed by atoms with E-state index >= 15 is 0 Å². The molecule has 1 rings (SSSR count). The summed E-state index contributed by atoms with van der Waals surface area (Å²) in [6.07, 6.45) is -0.150. The molecule has 110 valence electrons. The molecule has 0 fully saturated rings. The van der Waals surface area contributed by atoms with Crippen LogP contribution in [0.15, 0.2) is 18.2 Å². The fraction of sp³-hybridized carbons (Fsp3) is 0.429. The van der Waals surface area contributed by atoms with Crippen molar-refractivity contribution in [2.24, 2.45) is 0 Å². The van der Waals surface area contributed by atoms with Crippen LogP contribution >= 0.6 is 0 Å². The molecule has 0 aliphatic heterocycles. The molecular formula is C14H18FNO4. The first-order chi connectivity index (χ1) is 9.36. The van der Waals surface area contributed by atoms with Gasteiger partial charge in [0.25, 0.3) is 5.91 Å². The van der Waals surface area contributed by atoms with E-state index in [1.54, 1.807) is 13.8 Å². The maximum absolute atomic E-state index is 13.6. The molecule has 0 saturated heterocycles. The zero-order valence-electron chi connectivity index (χ0n) is 11.7. The lowest BCUT2D eigenvalue weighted by molar-refractivity contribution is -0.137. The number of hydrogen-bond acceptors (Lipinski definition) is 3. The van der Waals surface area contributed by atoms with Crippen LogP contribution in [0.5, 0.6) is 5.75 Å². The Morgan fingerprint density at radius 1 is 1.40 bits per heavy atom. The van der Waals surface area contributed by atoms with Crippen molar-refractivity contribution in [2.45, 2.75) is 26.3 Å². The van der Waals surface area contributed by atoms with Crippen LogP contribution in [0.1, 0.15) is 30.6 Å². The van der Waals surface area contributed by atoms with Crippen LogP contribution in [0.4, 0.5) is 4.39 Å². The molecule has 1 aromatic carbocycles. The predicted molar refractivity (Wildman–Crippen MR) is 71.4 cm³/mol. The van der Waals surface area contributed by atoms with Crippen LogP contribution < -0.4 is 4.74 Å². The van der Waals surface area contributed by atoms with E-state index in [0.717, 1.165) is 6.07 Å². The minimum absolute atomic E-state index is 0.0585. The minimum atomic E-state index is -0.982. The highest BCUT2D eigenvalue weighted by atomic mass is 19.1. The molecule has 0 aliphatic rings. The van der Waals surface area contributed by atoms with Crippen molar-refractivity contribution in [1.29, 1.82) is 0 Å². The fourth-order valence-corrected chi connectivity index (χ4v) is 1.78. The van der Waals surface area contributed by atoms with Crippen LogP contribution in [-0.2, 0) is 4.79 Å². The van der Waals surface area contributed by atoms with Crippen LogP contribution in [0.3, 0.4) is 0 Å². The number of halogens is 1. The fourth-order valence-electron chi connectivity index (χ4n) is 1.78. The number of carbonyl (C=O) groups is 2. The summed E-state index contributed by atoms with van der Waals surface area (Å²) in [5, 5.41) is 8.69. The number of nitrogens with zero attached hydrogens (tertiary/aromatic N) is 1. The monoisotopic (exact) mass is 283 g/mol. The standard InChI is InChI=1S/C14H18FNO4/c1-9(2)16(7-6-13(17)18)14(19)10-4-5-12(20-3)11(15)8-10/h4-5,8-9H,6-7H2,1-3H3,(H,17,18). The molecule has 6 heteroatoms. The molecule has 0 bridgehead atoms. The van der Waals surface area contributed by atoms with Crippen molar-refractivity contribution in [1.82, 2.24) is 4.90 Å². The summed E-state index contributed by atoms with van der Waals surface area (Å²) in [6, 6.07) is 3.75. The van der Waals surface area contributed by atoms with E-state index < -0.39 is 17.7 Å². The normalized spacial score (nSPS) is 10.4. The van der Waals surface area contributed by atoms with E-state index in [4.69, 9.17) is 9.84 Å². The van der Waals surface area contributed by atoms with Gasteiger partial charge in [-0.1, -0.05) is 0 Å². The van der Waals surface area contributed by atoms with Gasteiger partial charge in [0.2, 0.25) is 0 Å². The number of carbonyl (C=O) groups excluding carboxylic acids is 1. The number of ether oxygens (including phenoxy) is 1. The third-order valence-corrected chi connectivity index (χ3v) is 2.85. The number of carboxylic acid groups (broad SMARTS) is 1. The molecule has 1 aromatic rings. The molecule has 0 aliphatic carbocycles. The van der Waals surface area contributed by atoms with Gasteiger partial charge >= 0.3 is 5.97 Å². The number of benzene rings is 1. The van der Waals surface area contributed by atoms with Gasteiger partial charge in [0.05, 0.1) is 13.5 Å². The Morgan fingerprint density at radius 3 is 2.50 bits per heavy atom. The van der Waals surface area contributed by atoms with Gasteiger partial charge in [-0.2, -0.15) is 0 Å². The van der Waals surface area contributed by atoms with E-state index in [0.29, 0.717) is 0 Å². The SMILES string of the molecule is COc1ccc(C(=O)N(CCC(=O)O)C(C)C)cc1F. The molecular weight excluding hydrogens is 265 g/mol. The third kappa shape index (κ3) is 3.94. The number of rotatable bonds is 6. The van der Waals surface area contributed by atoms with Gasteiger partial charge in [-0.15, -0.1) is 0 Å². The molecule has 0 aromatic heterocycles. The summed E-state index contributed by atoms with van der Waals surface area (Å²) >= 11 is 0. The zero-order chi connectivity index (χ0) is 15.3. The number of aliphatic carboxylic acids is 1. The second-order valence-electron chi connectivity index (χ2n) is 4.59. The quantitative estimate of drug-likeness (QED) is 0.868. The predicted octanol–water partition coefficient (Wildman–Crippen LogP) is 2.16. The van der Waals surface area contributed by atoms with Gasteiger partial charge in [-0.05, 0) is 32.0 Å². The molecule has 0 radical (unpaired) electrons. The van der Waals surface area contributed by atoms with Crippen LogP contribution in [0.2, 0.25) is 0 Å². The van der Waals surface area contributed by atoms with Crippen molar-refractivity contribution in [3.63, 3.8) is 0 Å². The molecule has 0 heterocycles. The number of amides is 1. The summed E-state index contributed by atoms with van der Waals surface area (Å²) in [4.78, 5) is 24.3. The first-order valence-electron chi connectivity index (χ1n) is 6.23. The Morgan fingerprint density at radius 2 is 2.05 bits per heavy atom. The summed E-state index contributed by atoms with van der Waals surface area (Å²) in [6.45, 7) is 3.64. The lowest BCUT2D eigenvalue weighted by Crippen LogP contribution is -2.38. The first-order valence-corrected chi connectivity index (χ1v) is 6.23. The minimum Gasteiger partial charge on any atom is -0.494 e. The topological polar surface area (TPSA) is 66.8 Å². The Labute approximate surface area is 117 Å². The Hall–Kier alpha value is -2.11. The second-order valence-corrected chi connectivity index (χ2v) is 4.59.